The van der Waals surface area contributed by atoms with Crippen LogP contribution in [-0.4, -0.2) is 22.6 Å². The summed E-state index contributed by atoms with van der Waals surface area (Å²) in [5.41, 5.74) is 13.3. The van der Waals surface area contributed by atoms with E-state index in [1.54, 1.807) is 12.1 Å². The Morgan fingerprint density at radius 2 is 1.82 bits per heavy atom. The number of hydrogen-bond acceptors (Lipinski definition) is 4. The van der Waals surface area contributed by atoms with Crippen molar-refractivity contribution in [2.24, 2.45) is 17.4 Å². The van der Waals surface area contributed by atoms with E-state index in [4.69, 9.17) is 16.6 Å². The number of carboxylic acid groups (broad SMARTS) is 1. The molecule has 5 nitrogen and oxygen atoms in total. The minimum Gasteiger partial charge on any atom is -0.476 e. The predicted molar refractivity (Wildman–Crippen MR) is 86.3 cm³/mol. The molecule has 3 rings (SSSR count). The van der Waals surface area contributed by atoms with Gasteiger partial charge in [0.05, 0.1) is 0 Å². The van der Waals surface area contributed by atoms with Gasteiger partial charge in [0, 0.05) is 18.3 Å². The highest BCUT2D eigenvalue weighted by Crippen LogP contribution is 2.26. The Labute approximate surface area is 130 Å². The lowest BCUT2D eigenvalue weighted by Crippen LogP contribution is -2.05. The van der Waals surface area contributed by atoms with Crippen molar-refractivity contribution >= 4 is 5.97 Å². The number of rotatable bonds is 4. The summed E-state index contributed by atoms with van der Waals surface area (Å²) >= 11 is 0. The molecule has 5 N–H and O–H groups in total. The summed E-state index contributed by atoms with van der Waals surface area (Å²) in [5.74, 6) is -0.123. The topological polar surface area (TPSA) is 102 Å². The van der Waals surface area contributed by atoms with E-state index in [2.05, 4.69) is 4.98 Å². The molecule has 0 saturated heterocycles. The van der Waals surface area contributed by atoms with E-state index in [0.29, 0.717) is 12.1 Å². The molecule has 0 aliphatic heterocycles. The molecule has 1 aliphatic rings. The van der Waals surface area contributed by atoms with Crippen molar-refractivity contribution in [1.29, 1.82) is 0 Å². The third kappa shape index (κ3) is 4.13. The van der Waals surface area contributed by atoms with E-state index in [-0.39, 0.29) is 5.69 Å². The van der Waals surface area contributed by atoms with Gasteiger partial charge < -0.3 is 16.6 Å². The third-order valence-electron chi connectivity index (χ3n) is 3.57. The maximum absolute atomic E-state index is 11.1. The van der Waals surface area contributed by atoms with Gasteiger partial charge >= 0.3 is 5.97 Å². The average Bonchev–Trinajstić information content (AvgIpc) is 3.39. The fourth-order valence-corrected chi connectivity index (χ4v) is 2.11. The van der Waals surface area contributed by atoms with Crippen LogP contribution in [0, 0.1) is 5.92 Å². The van der Waals surface area contributed by atoms with E-state index in [0.717, 1.165) is 23.6 Å². The van der Waals surface area contributed by atoms with Gasteiger partial charge in [0.15, 0.2) is 5.69 Å². The highest BCUT2D eigenvalue weighted by Gasteiger charge is 2.17. The fraction of sp³-hybridized carbons (Fsp3) is 0.294. The van der Waals surface area contributed by atoms with Gasteiger partial charge in [-0.2, -0.15) is 0 Å². The molecule has 0 unspecified atom stereocenters. The van der Waals surface area contributed by atoms with Gasteiger partial charge in [0.2, 0.25) is 0 Å². The van der Waals surface area contributed by atoms with Crippen molar-refractivity contribution < 1.29 is 9.90 Å². The number of nitrogens with two attached hydrogens (primary N) is 2. The summed E-state index contributed by atoms with van der Waals surface area (Å²) < 4.78 is 0. The molecule has 116 valence electrons. The van der Waals surface area contributed by atoms with Crippen molar-refractivity contribution in [3.05, 3.63) is 53.9 Å². The Hall–Kier alpha value is -2.24. The minimum atomic E-state index is -1.03. The van der Waals surface area contributed by atoms with Gasteiger partial charge in [-0.1, -0.05) is 30.3 Å². The largest absolute Gasteiger partial charge is 0.476 e. The molecule has 22 heavy (non-hydrogen) atoms. The number of pyridine rings is 1. The Bertz CT molecular complexity index is 639. The lowest BCUT2D eigenvalue weighted by molar-refractivity contribution is 0.0691. The highest BCUT2D eigenvalue weighted by atomic mass is 16.4. The van der Waals surface area contributed by atoms with Gasteiger partial charge in [0.25, 0.3) is 0 Å². The molecule has 0 spiro atoms. The molecule has 1 aromatic heterocycles. The number of benzene rings is 1. The molecule has 1 fully saturated rings. The number of carboxylic acids is 1. The number of hydrogen-bond donors (Lipinski definition) is 3. The summed E-state index contributed by atoms with van der Waals surface area (Å²) in [6.07, 6.45) is 4.24. The standard InChI is InChI=1S/C13H12N2O2.C4H9N/c14-8-9-4-1-2-5-10(9)11-6-3-7-15-12(11)13(16)17;5-3-4-1-2-4/h1-7H,8,14H2,(H,16,17);4H,1-3,5H2. The zero-order valence-corrected chi connectivity index (χ0v) is 12.4. The van der Waals surface area contributed by atoms with Crippen LogP contribution in [0.5, 0.6) is 0 Å². The SMILES string of the molecule is NCC1CC1.NCc1ccccc1-c1cccnc1C(=O)O. The van der Waals surface area contributed by atoms with Crippen LogP contribution in [0.3, 0.4) is 0 Å². The summed E-state index contributed by atoms with van der Waals surface area (Å²) in [6, 6.07) is 10.9. The summed E-state index contributed by atoms with van der Waals surface area (Å²) in [4.78, 5) is 15.0. The second-order valence-electron chi connectivity index (χ2n) is 5.25. The second kappa shape index (κ2) is 7.68. The molecular formula is C17H21N3O2. The monoisotopic (exact) mass is 299 g/mol. The van der Waals surface area contributed by atoms with Crippen molar-refractivity contribution in [3.8, 4) is 11.1 Å². The molecule has 1 heterocycles. The molecule has 2 aromatic rings. The van der Waals surface area contributed by atoms with Crippen molar-refractivity contribution in [3.63, 3.8) is 0 Å². The second-order valence-corrected chi connectivity index (χ2v) is 5.25. The number of aromatic nitrogens is 1. The molecule has 0 amide bonds. The van der Waals surface area contributed by atoms with Crippen molar-refractivity contribution in [1.82, 2.24) is 4.98 Å². The zero-order chi connectivity index (χ0) is 15.9. The van der Waals surface area contributed by atoms with Crippen LogP contribution in [0.1, 0.15) is 28.9 Å². The van der Waals surface area contributed by atoms with E-state index in [1.165, 1.54) is 19.0 Å². The minimum absolute atomic E-state index is 0.0494. The molecule has 1 saturated carbocycles. The molecule has 0 bridgehead atoms. The first-order valence-corrected chi connectivity index (χ1v) is 7.34. The number of carbonyl (C=O) groups is 1. The fourth-order valence-electron chi connectivity index (χ4n) is 2.11. The van der Waals surface area contributed by atoms with Gasteiger partial charge in [-0.25, -0.2) is 9.78 Å². The lowest BCUT2D eigenvalue weighted by atomic mass is 9.98. The number of aromatic carboxylic acids is 1. The van der Waals surface area contributed by atoms with Gasteiger partial charge in [-0.05, 0) is 42.5 Å². The first-order valence-electron chi connectivity index (χ1n) is 7.34. The van der Waals surface area contributed by atoms with Crippen LogP contribution in [0.4, 0.5) is 0 Å². The van der Waals surface area contributed by atoms with Crippen LogP contribution in [0.15, 0.2) is 42.6 Å². The highest BCUT2D eigenvalue weighted by molar-refractivity contribution is 5.94. The van der Waals surface area contributed by atoms with Crippen LogP contribution < -0.4 is 11.5 Å². The predicted octanol–water partition coefficient (Wildman–Crippen LogP) is 2.26. The maximum Gasteiger partial charge on any atom is 0.355 e. The Kier molecular flexibility index (Phi) is 5.63. The van der Waals surface area contributed by atoms with Crippen LogP contribution in [0.25, 0.3) is 11.1 Å². The maximum atomic E-state index is 11.1. The first-order chi connectivity index (χ1) is 10.7. The number of nitrogens with zero attached hydrogens (tertiary/aromatic N) is 1. The quantitative estimate of drug-likeness (QED) is 0.803. The summed E-state index contributed by atoms with van der Waals surface area (Å²) in [5, 5.41) is 9.10. The van der Waals surface area contributed by atoms with Gasteiger partial charge in [0.1, 0.15) is 0 Å². The van der Waals surface area contributed by atoms with E-state index >= 15 is 0 Å². The molecule has 1 aliphatic carbocycles. The average molecular weight is 299 g/mol. The molecule has 0 radical (unpaired) electrons. The molecule has 5 heteroatoms. The Morgan fingerprint density at radius 1 is 1.14 bits per heavy atom. The van der Waals surface area contributed by atoms with Crippen molar-refractivity contribution in [2.45, 2.75) is 19.4 Å². The molecule has 0 atom stereocenters. The zero-order valence-electron chi connectivity index (χ0n) is 12.4. The third-order valence-corrected chi connectivity index (χ3v) is 3.57. The van der Waals surface area contributed by atoms with E-state index in [9.17, 15) is 4.79 Å². The lowest BCUT2D eigenvalue weighted by Gasteiger charge is -2.09. The van der Waals surface area contributed by atoms with Gasteiger partial charge in [-0.3, -0.25) is 0 Å². The summed E-state index contributed by atoms with van der Waals surface area (Å²) in [7, 11) is 0. The van der Waals surface area contributed by atoms with Gasteiger partial charge in [-0.15, -0.1) is 0 Å². The van der Waals surface area contributed by atoms with Crippen LogP contribution in [-0.2, 0) is 6.54 Å². The van der Waals surface area contributed by atoms with E-state index in [1.807, 2.05) is 24.3 Å². The van der Waals surface area contributed by atoms with Crippen LogP contribution >= 0.6 is 0 Å². The first kappa shape index (κ1) is 16.1. The Balaban J connectivity index is 0.000000299. The van der Waals surface area contributed by atoms with E-state index < -0.39 is 5.97 Å². The molecule has 1 aromatic carbocycles. The Morgan fingerprint density at radius 3 is 2.36 bits per heavy atom. The van der Waals surface area contributed by atoms with Crippen molar-refractivity contribution in [2.75, 3.05) is 6.54 Å². The smallest absolute Gasteiger partial charge is 0.355 e. The molecular weight excluding hydrogens is 278 g/mol. The van der Waals surface area contributed by atoms with Crippen LogP contribution in [0.2, 0.25) is 0 Å². The summed E-state index contributed by atoms with van der Waals surface area (Å²) in [6.45, 7) is 1.28. The normalized spacial score (nSPS) is 13.2.